The number of rotatable bonds is 3. The van der Waals surface area contributed by atoms with Crippen molar-refractivity contribution in [3.05, 3.63) is 12.2 Å². The highest BCUT2D eigenvalue weighted by atomic mass is 24.3. The molecule has 4 heteroatoms. The van der Waals surface area contributed by atoms with Crippen LogP contribution in [0.4, 0.5) is 0 Å². The number of hydrogen-bond acceptors (Lipinski definition) is 3. The molecule has 0 aliphatic carbocycles. The summed E-state index contributed by atoms with van der Waals surface area (Å²) in [4.78, 5) is 10.7. The Balaban J connectivity index is 0.000001000. The summed E-state index contributed by atoms with van der Waals surface area (Å²) in [6, 6.07) is 0. The summed E-state index contributed by atoms with van der Waals surface area (Å²) in [6.07, 6.45) is 0.142. The molecule has 0 N–H and O–H groups in total. The van der Waals surface area contributed by atoms with Gasteiger partial charge in [-0.05, 0) is 6.92 Å². The Hall–Kier alpha value is -0.0638. The van der Waals surface area contributed by atoms with E-state index in [2.05, 4.69) is 6.58 Å². The fourth-order valence-corrected chi connectivity index (χ4v) is 0.456. The Labute approximate surface area is 81.9 Å². The van der Waals surface area contributed by atoms with Crippen molar-refractivity contribution in [1.82, 2.24) is 0 Å². The molecule has 11 heavy (non-hydrogen) atoms. The van der Waals surface area contributed by atoms with Crippen LogP contribution >= 0.6 is 0 Å². The maximum atomic E-state index is 10.7. The van der Waals surface area contributed by atoms with Crippen LogP contribution in [0.2, 0.25) is 0 Å². The number of carbonyl (C=O) groups is 1. The van der Waals surface area contributed by atoms with Gasteiger partial charge in [-0.25, -0.2) is 4.79 Å². The third kappa shape index (κ3) is 4.39. The Morgan fingerprint density at radius 2 is 2.36 bits per heavy atom. The second-order valence-corrected chi connectivity index (χ2v) is 2.33. The minimum atomic E-state index is -0.337. The van der Waals surface area contributed by atoms with Gasteiger partial charge in [-0.1, -0.05) is 6.58 Å². The molecule has 1 aliphatic heterocycles. The Kier molecular flexibility index (Phi) is 4.71. The molecule has 1 rings (SSSR count). The molecular weight excluding hydrogens is 156 g/mol. The highest BCUT2D eigenvalue weighted by Gasteiger charge is 2.24. The lowest BCUT2D eigenvalue weighted by atomic mass is 10.4. The van der Waals surface area contributed by atoms with Gasteiger partial charge in [0.15, 0.2) is 0 Å². The van der Waals surface area contributed by atoms with E-state index in [4.69, 9.17) is 9.47 Å². The van der Waals surface area contributed by atoms with E-state index in [1.165, 1.54) is 0 Å². The highest BCUT2D eigenvalue weighted by molar-refractivity contribution is 5.86. The van der Waals surface area contributed by atoms with Crippen molar-refractivity contribution in [2.75, 3.05) is 13.2 Å². The van der Waals surface area contributed by atoms with Gasteiger partial charge < -0.3 is 9.47 Å². The molecular formula is C7H10MgO3. The Bertz CT molecular complexity index is 163. The lowest BCUT2D eigenvalue weighted by molar-refractivity contribution is -0.139. The van der Waals surface area contributed by atoms with E-state index in [1.54, 1.807) is 6.92 Å². The van der Waals surface area contributed by atoms with Crippen molar-refractivity contribution in [1.29, 1.82) is 0 Å². The molecule has 0 amide bonds. The van der Waals surface area contributed by atoms with E-state index in [1.807, 2.05) is 0 Å². The predicted octanol–water partition coefficient (Wildman–Crippen LogP) is 0.124. The van der Waals surface area contributed by atoms with Gasteiger partial charge in [-0.15, -0.1) is 0 Å². The van der Waals surface area contributed by atoms with Gasteiger partial charge in [0.25, 0.3) is 0 Å². The molecule has 2 radical (unpaired) electrons. The van der Waals surface area contributed by atoms with Crippen LogP contribution in [0.25, 0.3) is 0 Å². The Morgan fingerprint density at radius 1 is 1.82 bits per heavy atom. The van der Waals surface area contributed by atoms with Crippen LogP contribution in [-0.4, -0.2) is 48.3 Å². The minimum Gasteiger partial charge on any atom is -0.459 e. The van der Waals surface area contributed by atoms with Crippen LogP contribution in [-0.2, 0) is 14.3 Å². The molecule has 3 nitrogen and oxygen atoms in total. The van der Waals surface area contributed by atoms with Crippen molar-refractivity contribution in [2.45, 2.75) is 13.0 Å². The molecule has 0 saturated carbocycles. The monoisotopic (exact) mass is 166 g/mol. The molecule has 0 aromatic carbocycles. The molecule has 0 bridgehead atoms. The molecule has 1 aliphatic rings. The first-order valence-electron chi connectivity index (χ1n) is 3.14. The summed E-state index contributed by atoms with van der Waals surface area (Å²) in [5, 5.41) is 0. The van der Waals surface area contributed by atoms with Gasteiger partial charge in [-0.3, -0.25) is 0 Å². The molecule has 0 spiro atoms. The average molecular weight is 166 g/mol. The zero-order chi connectivity index (χ0) is 7.56. The third-order valence-corrected chi connectivity index (χ3v) is 1.15. The van der Waals surface area contributed by atoms with Gasteiger partial charge in [0.05, 0.1) is 6.61 Å². The van der Waals surface area contributed by atoms with E-state index >= 15 is 0 Å². The number of epoxide rings is 1. The normalized spacial score (nSPS) is 19.9. The minimum absolute atomic E-state index is 0. The number of carbonyl (C=O) groups excluding carboxylic acids is 1. The molecule has 1 fully saturated rings. The van der Waals surface area contributed by atoms with Gasteiger partial charge in [0.1, 0.15) is 12.7 Å². The van der Waals surface area contributed by atoms with Gasteiger partial charge in [0, 0.05) is 28.6 Å². The molecule has 0 aromatic heterocycles. The summed E-state index contributed by atoms with van der Waals surface area (Å²) in [7, 11) is 0. The lowest BCUT2D eigenvalue weighted by Crippen LogP contribution is -2.09. The summed E-state index contributed by atoms with van der Waals surface area (Å²) in [6.45, 7) is 6.14. The second-order valence-electron chi connectivity index (χ2n) is 2.33. The van der Waals surface area contributed by atoms with Crippen molar-refractivity contribution in [2.24, 2.45) is 0 Å². The first kappa shape index (κ1) is 10.9. The quantitative estimate of drug-likeness (QED) is 0.259. The van der Waals surface area contributed by atoms with Crippen LogP contribution in [0, 0.1) is 0 Å². The molecule has 1 heterocycles. The van der Waals surface area contributed by atoms with E-state index in [0.29, 0.717) is 18.8 Å². The van der Waals surface area contributed by atoms with Gasteiger partial charge in [0.2, 0.25) is 0 Å². The topological polar surface area (TPSA) is 38.8 Å². The number of ether oxygens (including phenoxy) is 2. The highest BCUT2D eigenvalue weighted by Crippen LogP contribution is 2.09. The SMILES string of the molecule is C=C(C)C(=O)OCC1CO1.[Mg]. The maximum Gasteiger partial charge on any atom is 0.333 e. The maximum absolute atomic E-state index is 10.7. The largest absolute Gasteiger partial charge is 0.459 e. The van der Waals surface area contributed by atoms with E-state index in [9.17, 15) is 4.79 Å². The standard InChI is InChI=1S/C7H10O3.Mg/c1-5(2)7(8)10-4-6-3-9-6;/h6H,1,3-4H2,2H3;. The fraction of sp³-hybridized carbons (Fsp3) is 0.571. The van der Waals surface area contributed by atoms with Crippen LogP contribution in [0.3, 0.4) is 0 Å². The first-order valence-corrected chi connectivity index (χ1v) is 3.14. The Morgan fingerprint density at radius 3 is 2.73 bits per heavy atom. The van der Waals surface area contributed by atoms with E-state index < -0.39 is 0 Å². The van der Waals surface area contributed by atoms with Crippen molar-refractivity contribution in [3.8, 4) is 0 Å². The van der Waals surface area contributed by atoms with E-state index in [0.717, 1.165) is 0 Å². The summed E-state index contributed by atoms with van der Waals surface area (Å²) in [5.41, 5.74) is 0.431. The van der Waals surface area contributed by atoms with Crippen molar-refractivity contribution in [3.63, 3.8) is 0 Å². The first-order chi connectivity index (χ1) is 4.70. The molecule has 58 valence electrons. The predicted molar refractivity (Wildman–Crippen MR) is 41.3 cm³/mol. The van der Waals surface area contributed by atoms with Crippen LogP contribution in [0.5, 0.6) is 0 Å². The fourth-order valence-electron chi connectivity index (χ4n) is 0.456. The summed E-state index contributed by atoms with van der Waals surface area (Å²) < 4.78 is 9.60. The second kappa shape index (κ2) is 4.74. The van der Waals surface area contributed by atoms with Crippen LogP contribution in [0.1, 0.15) is 6.92 Å². The van der Waals surface area contributed by atoms with Crippen molar-refractivity contribution < 1.29 is 14.3 Å². The van der Waals surface area contributed by atoms with E-state index in [-0.39, 0.29) is 35.1 Å². The van der Waals surface area contributed by atoms with Gasteiger partial charge >= 0.3 is 5.97 Å². The smallest absolute Gasteiger partial charge is 0.333 e. The summed E-state index contributed by atoms with van der Waals surface area (Å²) in [5.74, 6) is -0.337. The zero-order valence-corrected chi connectivity index (χ0v) is 8.04. The molecule has 1 saturated heterocycles. The zero-order valence-electron chi connectivity index (χ0n) is 6.63. The van der Waals surface area contributed by atoms with Crippen molar-refractivity contribution >= 4 is 29.0 Å². The molecule has 1 unspecified atom stereocenters. The molecule has 0 aromatic rings. The van der Waals surface area contributed by atoms with Crippen LogP contribution in [0.15, 0.2) is 12.2 Å². The number of esters is 1. The average Bonchev–Trinajstić information content (AvgIpc) is 2.64. The number of hydrogen-bond donors (Lipinski definition) is 0. The third-order valence-electron chi connectivity index (χ3n) is 1.15. The summed E-state index contributed by atoms with van der Waals surface area (Å²) >= 11 is 0. The van der Waals surface area contributed by atoms with Gasteiger partial charge in [-0.2, -0.15) is 0 Å². The molecule has 1 atom stereocenters. The lowest BCUT2D eigenvalue weighted by Gasteiger charge is -1.99. The van der Waals surface area contributed by atoms with Crippen LogP contribution < -0.4 is 0 Å².